The maximum atomic E-state index is 4.88. The quantitative estimate of drug-likeness (QED) is 0.837. The van der Waals surface area contributed by atoms with Crippen molar-refractivity contribution in [1.29, 1.82) is 0 Å². The summed E-state index contributed by atoms with van der Waals surface area (Å²) >= 11 is 0. The smallest absolute Gasteiger partial charge is 0.127 e. The molecule has 3 nitrogen and oxygen atoms in total. The van der Waals surface area contributed by atoms with Gasteiger partial charge in [-0.05, 0) is 51.9 Å². The van der Waals surface area contributed by atoms with Crippen LogP contribution < -0.4 is 0 Å². The highest BCUT2D eigenvalue weighted by Crippen LogP contribution is 2.26. The van der Waals surface area contributed by atoms with Gasteiger partial charge in [0.25, 0.3) is 0 Å². The highest BCUT2D eigenvalue weighted by atomic mass is 15.2. The zero-order chi connectivity index (χ0) is 13.2. The third-order valence-electron chi connectivity index (χ3n) is 4.31. The third kappa shape index (κ3) is 2.27. The van der Waals surface area contributed by atoms with Gasteiger partial charge in [-0.25, -0.2) is 4.98 Å². The van der Waals surface area contributed by atoms with E-state index in [1.54, 1.807) is 0 Å². The molecule has 0 aliphatic carbocycles. The van der Waals surface area contributed by atoms with E-state index in [4.69, 9.17) is 4.98 Å². The van der Waals surface area contributed by atoms with E-state index in [9.17, 15) is 0 Å². The lowest BCUT2D eigenvalue weighted by atomic mass is 10.1. The Morgan fingerprint density at radius 1 is 1.16 bits per heavy atom. The Bertz CT molecular complexity index is 552. The molecule has 0 N–H and O–H groups in total. The lowest BCUT2D eigenvalue weighted by Crippen LogP contribution is -2.33. The zero-order valence-electron chi connectivity index (χ0n) is 12.0. The average Bonchev–Trinajstić information content (AvgIpc) is 2.85. The predicted octanol–water partition coefficient (Wildman–Crippen LogP) is 3.60. The predicted molar refractivity (Wildman–Crippen MR) is 79.2 cm³/mol. The number of likely N-dealkylation sites (tertiary alicyclic amines) is 1. The van der Waals surface area contributed by atoms with Crippen molar-refractivity contribution in [2.75, 3.05) is 13.1 Å². The highest BCUT2D eigenvalue weighted by Gasteiger charge is 2.23. The normalized spacial score (nSPS) is 18.8. The minimum Gasteiger partial charge on any atom is -0.327 e. The molecule has 1 aliphatic heterocycles. The minimum atomic E-state index is 0.424. The second-order valence-electron chi connectivity index (χ2n) is 5.48. The van der Waals surface area contributed by atoms with E-state index in [-0.39, 0.29) is 0 Å². The van der Waals surface area contributed by atoms with Gasteiger partial charge in [0.2, 0.25) is 0 Å². The summed E-state index contributed by atoms with van der Waals surface area (Å²) in [4.78, 5) is 7.46. The molecule has 0 unspecified atom stereocenters. The van der Waals surface area contributed by atoms with Gasteiger partial charge in [-0.15, -0.1) is 0 Å². The molecule has 102 valence electrons. The van der Waals surface area contributed by atoms with Crippen LogP contribution in [0.5, 0.6) is 0 Å². The van der Waals surface area contributed by atoms with Crippen molar-refractivity contribution in [3.63, 3.8) is 0 Å². The molecule has 1 aliphatic rings. The minimum absolute atomic E-state index is 0.424. The Hall–Kier alpha value is -1.35. The SMILES string of the molecule is CCn1c([C@H](C)N2CCCCC2)nc2ccccc21. The van der Waals surface area contributed by atoms with Crippen LogP contribution in [0.15, 0.2) is 24.3 Å². The maximum Gasteiger partial charge on any atom is 0.127 e. The molecule has 3 heteroatoms. The Morgan fingerprint density at radius 3 is 2.63 bits per heavy atom. The number of aryl methyl sites for hydroxylation is 1. The molecule has 1 saturated heterocycles. The molecule has 19 heavy (non-hydrogen) atoms. The number of benzene rings is 1. The van der Waals surface area contributed by atoms with Gasteiger partial charge < -0.3 is 4.57 Å². The monoisotopic (exact) mass is 257 g/mol. The molecule has 2 heterocycles. The van der Waals surface area contributed by atoms with Gasteiger partial charge in [-0.3, -0.25) is 4.90 Å². The number of para-hydroxylation sites is 2. The van der Waals surface area contributed by atoms with Crippen LogP contribution >= 0.6 is 0 Å². The summed E-state index contributed by atoms with van der Waals surface area (Å²) in [6.07, 6.45) is 4.04. The van der Waals surface area contributed by atoms with E-state index in [1.807, 2.05) is 0 Å². The van der Waals surface area contributed by atoms with Crippen molar-refractivity contribution in [2.45, 2.75) is 45.7 Å². The van der Waals surface area contributed by atoms with Crippen LogP contribution in [-0.4, -0.2) is 27.5 Å². The van der Waals surface area contributed by atoms with Crippen molar-refractivity contribution in [3.05, 3.63) is 30.1 Å². The largest absolute Gasteiger partial charge is 0.327 e. The molecule has 1 aromatic heterocycles. The molecule has 0 spiro atoms. The fourth-order valence-electron chi connectivity index (χ4n) is 3.21. The molecule has 1 atom stereocenters. The van der Waals surface area contributed by atoms with E-state index in [0.29, 0.717) is 6.04 Å². The van der Waals surface area contributed by atoms with Crippen LogP contribution in [0.3, 0.4) is 0 Å². The molecular formula is C16H23N3. The number of fused-ring (bicyclic) bond motifs is 1. The molecular weight excluding hydrogens is 234 g/mol. The molecule has 1 aromatic carbocycles. The Morgan fingerprint density at radius 2 is 1.89 bits per heavy atom. The van der Waals surface area contributed by atoms with Gasteiger partial charge in [-0.2, -0.15) is 0 Å². The first-order valence-electron chi connectivity index (χ1n) is 7.50. The van der Waals surface area contributed by atoms with E-state index < -0.39 is 0 Å². The number of nitrogens with zero attached hydrogens (tertiary/aromatic N) is 3. The van der Waals surface area contributed by atoms with Gasteiger partial charge in [-0.1, -0.05) is 18.6 Å². The standard InChI is InChI=1S/C16H23N3/c1-3-19-15-10-6-5-9-14(15)17-16(19)13(2)18-11-7-4-8-12-18/h5-6,9-10,13H,3-4,7-8,11-12H2,1-2H3/t13-/m0/s1. The van der Waals surface area contributed by atoms with Gasteiger partial charge >= 0.3 is 0 Å². The Labute approximate surface area is 115 Å². The second kappa shape index (κ2) is 5.33. The highest BCUT2D eigenvalue weighted by molar-refractivity contribution is 5.76. The van der Waals surface area contributed by atoms with Crippen LogP contribution in [0.1, 0.15) is 45.0 Å². The van der Waals surface area contributed by atoms with E-state index >= 15 is 0 Å². The number of rotatable bonds is 3. The Kier molecular flexibility index (Phi) is 3.56. The van der Waals surface area contributed by atoms with Gasteiger partial charge in [0, 0.05) is 6.54 Å². The first kappa shape index (κ1) is 12.7. The van der Waals surface area contributed by atoms with Crippen LogP contribution in [0, 0.1) is 0 Å². The molecule has 1 fully saturated rings. The van der Waals surface area contributed by atoms with Crippen LogP contribution in [0.4, 0.5) is 0 Å². The number of hydrogen-bond donors (Lipinski definition) is 0. The van der Waals surface area contributed by atoms with Gasteiger partial charge in [0.05, 0.1) is 17.1 Å². The topological polar surface area (TPSA) is 21.1 Å². The first-order valence-corrected chi connectivity index (χ1v) is 7.50. The Balaban J connectivity index is 1.98. The van der Waals surface area contributed by atoms with E-state index in [2.05, 4.69) is 47.6 Å². The molecule has 3 rings (SSSR count). The summed E-state index contributed by atoms with van der Waals surface area (Å²) in [7, 11) is 0. The van der Waals surface area contributed by atoms with Crippen molar-refractivity contribution >= 4 is 11.0 Å². The summed E-state index contributed by atoms with van der Waals surface area (Å²) in [5.74, 6) is 1.23. The van der Waals surface area contributed by atoms with Gasteiger partial charge in [0.1, 0.15) is 5.82 Å². The fourth-order valence-corrected chi connectivity index (χ4v) is 3.21. The second-order valence-corrected chi connectivity index (χ2v) is 5.48. The van der Waals surface area contributed by atoms with Crippen molar-refractivity contribution in [3.8, 4) is 0 Å². The average molecular weight is 257 g/mol. The van der Waals surface area contributed by atoms with Crippen molar-refractivity contribution in [2.24, 2.45) is 0 Å². The van der Waals surface area contributed by atoms with Crippen molar-refractivity contribution < 1.29 is 0 Å². The lowest BCUT2D eigenvalue weighted by molar-refractivity contribution is 0.166. The lowest BCUT2D eigenvalue weighted by Gasteiger charge is -2.32. The van der Waals surface area contributed by atoms with Crippen molar-refractivity contribution in [1.82, 2.24) is 14.5 Å². The summed E-state index contributed by atoms with van der Waals surface area (Å²) in [6.45, 7) is 7.94. The summed E-state index contributed by atoms with van der Waals surface area (Å²) in [6, 6.07) is 8.90. The van der Waals surface area contributed by atoms with E-state index in [0.717, 1.165) is 12.1 Å². The molecule has 0 bridgehead atoms. The summed E-state index contributed by atoms with van der Waals surface area (Å²) < 4.78 is 2.37. The fraction of sp³-hybridized carbons (Fsp3) is 0.562. The molecule has 2 aromatic rings. The number of piperidine rings is 1. The number of hydrogen-bond acceptors (Lipinski definition) is 2. The molecule has 0 saturated carbocycles. The first-order chi connectivity index (χ1) is 9.31. The van der Waals surface area contributed by atoms with Gasteiger partial charge in [0.15, 0.2) is 0 Å². The van der Waals surface area contributed by atoms with Crippen LogP contribution in [-0.2, 0) is 6.54 Å². The summed E-state index contributed by atoms with van der Waals surface area (Å²) in [5.41, 5.74) is 2.40. The molecule has 0 radical (unpaired) electrons. The number of imidazole rings is 1. The maximum absolute atomic E-state index is 4.88. The van der Waals surface area contributed by atoms with Crippen LogP contribution in [0.2, 0.25) is 0 Å². The third-order valence-corrected chi connectivity index (χ3v) is 4.31. The summed E-state index contributed by atoms with van der Waals surface area (Å²) in [5, 5.41) is 0. The molecule has 0 amide bonds. The number of aromatic nitrogens is 2. The van der Waals surface area contributed by atoms with E-state index in [1.165, 1.54) is 43.7 Å². The van der Waals surface area contributed by atoms with Crippen LogP contribution in [0.25, 0.3) is 11.0 Å². The zero-order valence-corrected chi connectivity index (χ0v) is 12.0.